The molecular formula is C25H19ClN2O5S. The highest BCUT2D eigenvalue weighted by Gasteiger charge is 2.40. The van der Waals surface area contributed by atoms with E-state index >= 15 is 0 Å². The van der Waals surface area contributed by atoms with E-state index in [0.29, 0.717) is 27.7 Å². The van der Waals surface area contributed by atoms with E-state index in [1.54, 1.807) is 55.6 Å². The van der Waals surface area contributed by atoms with Gasteiger partial charge in [-0.05, 0) is 72.8 Å². The van der Waals surface area contributed by atoms with Crippen molar-refractivity contribution in [2.24, 2.45) is 0 Å². The summed E-state index contributed by atoms with van der Waals surface area (Å²) in [5, 5.41) is 3.65. The summed E-state index contributed by atoms with van der Waals surface area (Å²) in [6, 6.07) is 20.0. The maximum atomic E-state index is 13.4. The molecule has 0 radical (unpaired) electrons. The van der Waals surface area contributed by atoms with Gasteiger partial charge in [0.2, 0.25) is 0 Å². The van der Waals surface area contributed by atoms with Crippen LogP contribution in [0.4, 0.5) is 11.4 Å². The summed E-state index contributed by atoms with van der Waals surface area (Å²) in [5.41, 5.74) is 1.41. The summed E-state index contributed by atoms with van der Waals surface area (Å²) in [5.74, 6) is -0.837. The molecule has 0 saturated carbocycles. The summed E-state index contributed by atoms with van der Waals surface area (Å²) in [6.45, 7) is 0. The van der Waals surface area contributed by atoms with Crippen LogP contribution in [0.15, 0.2) is 88.3 Å². The number of ether oxygens (including phenoxy) is 2. The quantitative estimate of drug-likeness (QED) is 0.360. The van der Waals surface area contributed by atoms with Crippen molar-refractivity contribution >= 4 is 52.5 Å². The Hall–Kier alpha value is -3.75. The Bertz CT molecular complexity index is 1270. The fraction of sp³-hybridized carbons (Fsp3) is 0.0800. The zero-order chi connectivity index (χ0) is 24.2. The van der Waals surface area contributed by atoms with Crippen LogP contribution in [0.5, 0.6) is 5.75 Å². The molecule has 3 aromatic rings. The Kier molecular flexibility index (Phi) is 6.90. The molecule has 7 nitrogen and oxygen atoms in total. The molecule has 1 N–H and O–H groups in total. The second-order valence-corrected chi connectivity index (χ2v) is 8.62. The number of esters is 1. The summed E-state index contributed by atoms with van der Waals surface area (Å²) in [7, 11) is 2.85. The van der Waals surface area contributed by atoms with Crippen molar-refractivity contribution in [2.75, 3.05) is 24.4 Å². The summed E-state index contributed by atoms with van der Waals surface area (Å²) >= 11 is 7.15. The van der Waals surface area contributed by atoms with Gasteiger partial charge in [0.1, 0.15) is 16.4 Å². The molecule has 0 atom stereocenters. The number of nitrogens with zero attached hydrogens (tertiary/aromatic N) is 1. The molecule has 3 aromatic carbocycles. The molecule has 0 spiro atoms. The van der Waals surface area contributed by atoms with Crippen LogP contribution in [0.1, 0.15) is 10.4 Å². The van der Waals surface area contributed by atoms with Crippen LogP contribution in [0.3, 0.4) is 0 Å². The fourth-order valence-corrected chi connectivity index (χ4v) is 4.31. The normalized spacial score (nSPS) is 13.3. The van der Waals surface area contributed by atoms with Gasteiger partial charge in [0.15, 0.2) is 0 Å². The number of benzene rings is 3. The number of rotatable bonds is 7. The number of thioether (sulfide) groups is 1. The number of carbonyl (C=O) groups is 3. The number of imide groups is 1. The average Bonchev–Trinajstić information content (AvgIpc) is 3.09. The minimum absolute atomic E-state index is 0.146. The molecule has 172 valence electrons. The van der Waals surface area contributed by atoms with E-state index in [1.165, 1.54) is 31.4 Å². The van der Waals surface area contributed by atoms with Gasteiger partial charge in [-0.1, -0.05) is 23.4 Å². The minimum Gasteiger partial charge on any atom is -0.497 e. The lowest BCUT2D eigenvalue weighted by Gasteiger charge is -2.15. The van der Waals surface area contributed by atoms with E-state index in [2.05, 4.69) is 5.32 Å². The number of carbonyl (C=O) groups excluding carboxylic acids is 3. The largest absolute Gasteiger partial charge is 0.497 e. The van der Waals surface area contributed by atoms with E-state index in [9.17, 15) is 14.4 Å². The SMILES string of the molecule is COC(=O)c1ccc(N2C(=O)C(Nc3ccc(OC)cc3)=C(Sc3ccc(Cl)cc3)C2=O)cc1. The van der Waals surface area contributed by atoms with Crippen molar-refractivity contribution in [3.63, 3.8) is 0 Å². The van der Waals surface area contributed by atoms with Crippen LogP contribution in [0, 0.1) is 0 Å². The van der Waals surface area contributed by atoms with Gasteiger partial charge in [-0.2, -0.15) is 0 Å². The van der Waals surface area contributed by atoms with E-state index in [0.717, 1.165) is 21.6 Å². The Balaban J connectivity index is 1.69. The average molecular weight is 495 g/mol. The van der Waals surface area contributed by atoms with Gasteiger partial charge in [-0.25, -0.2) is 9.69 Å². The van der Waals surface area contributed by atoms with Gasteiger partial charge in [-0.3, -0.25) is 9.59 Å². The number of anilines is 2. The van der Waals surface area contributed by atoms with Gasteiger partial charge in [-0.15, -0.1) is 0 Å². The van der Waals surface area contributed by atoms with E-state index in [1.807, 2.05) is 0 Å². The molecule has 0 unspecified atom stereocenters. The lowest BCUT2D eigenvalue weighted by atomic mass is 10.2. The van der Waals surface area contributed by atoms with Crippen LogP contribution in [0.2, 0.25) is 5.02 Å². The lowest BCUT2D eigenvalue weighted by Crippen LogP contribution is -2.32. The molecule has 1 aliphatic rings. The molecule has 2 amide bonds. The lowest BCUT2D eigenvalue weighted by molar-refractivity contribution is -0.120. The maximum absolute atomic E-state index is 13.4. The molecule has 0 aromatic heterocycles. The predicted octanol–water partition coefficient (Wildman–Crippen LogP) is 5.12. The number of amides is 2. The van der Waals surface area contributed by atoms with E-state index < -0.39 is 17.8 Å². The van der Waals surface area contributed by atoms with Crippen molar-refractivity contribution < 1.29 is 23.9 Å². The Labute approximate surface area is 205 Å². The predicted molar refractivity (Wildman–Crippen MR) is 131 cm³/mol. The summed E-state index contributed by atoms with van der Waals surface area (Å²) in [4.78, 5) is 40.6. The third-order valence-electron chi connectivity index (χ3n) is 4.98. The van der Waals surface area contributed by atoms with Crippen LogP contribution in [-0.2, 0) is 14.3 Å². The molecule has 9 heteroatoms. The first-order valence-corrected chi connectivity index (χ1v) is 11.3. The van der Waals surface area contributed by atoms with Gasteiger partial charge >= 0.3 is 5.97 Å². The van der Waals surface area contributed by atoms with Gasteiger partial charge in [0.25, 0.3) is 11.8 Å². The van der Waals surface area contributed by atoms with Crippen LogP contribution in [-0.4, -0.2) is 32.0 Å². The van der Waals surface area contributed by atoms with E-state index in [4.69, 9.17) is 21.1 Å². The smallest absolute Gasteiger partial charge is 0.337 e. The fourth-order valence-electron chi connectivity index (χ4n) is 3.25. The highest BCUT2D eigenvalue weighted by atomic mass is 35.5. The molecule has 4 rings (SSSR count). The van der Waals surface area contributed by atoms with E-state index in [-0.39, 0.29) is 10.6 Å². The molecular weight excluding hydrogens is 476 g/mol. The molecule has 0 bridgehead atoms. The van der Waals surface area contributed by atoms with Gasteiger partial charge in [0.05, 0.1) is 25.5 Å². The van der Waals surface area contributed by atoms with Gasteiger partial charge < -0.3 is 14.8 Å². The molecule has 0 aliphatic carbocycles. The van der Waals surface area contributed by atoms with Crippen molar-refractivity contribution in [3.05, 3.63) is 94.0 Å². The number of hydrogen-bond acceptors (Lipinski definition) is 7. The van der Waals surface area contributed by atoms with Crippen molar-refractivity contribution in [3.8, 4) is 5.75 Å². The Morgan fingerprint density at radius 3 is 2.12 bits per heavy atom. The number of hydrogen-bond donors (Lipinski definition) is 1. The standard InChI is InChI=1S/C25H19ClN2O5S/c1-32-19-11-7-17(8-12-19)27-21-22(34-20-13-5-16(26)6-14-20)24(30)28(23(21)29)18-9-3-15(4-10-18)25(31)33-2/h3-14,27H,1-2H3. The van der Waals surface area contributed by atoms with Crippen LogP contribution < -0.4 is 15.0 Å². The molecule has 0 fully saturated rings. The second kappa shape index (κ2) is 10.0. The highest BCUT2D eigenvalue weighted by molar-refractivity contribution is 8.04. The first kappa shape index (κ1) is 23.4. The summed E-state index contributed by atoms with van der Waals surface area (Å²) in [6.07, 6.45) is 0. The first-order valence-electron chi connectivity index (χ1n) is 10.1. The molecule has 0 saturated heterocycles. The van der Waals surface area contributed by atoms with Gasteiger partial charge in [0, 0.05) is 15.6 Å². The monoisotopic (exact) mass is 494 g/mol. The number of methoxy groups -OCH3 is 2. The molecule has 34 heavy (non-hydrogen) atoms. The van der Waals surface area contributed by atoms with Crippen molar-refractivity contribution in [1.29, 1.82) is 0 Å². The summed E-state index contributed by atoms with van der Waals surface area (Å²) < 4.78 is 9.89. The van der Waals surface area contributed by atoms with Crippen molar-refractivity contribution in [2.45, 2.75) is 4.90 Å². The number of halogens is 1. The zero-order valence-electron chi connectivity index (χ0n) is 18.2. The van der Waals surface area contributed by atoms with Crippen LogP contribution >= 0.6 is 23.4 Å². The number of nitrogens with one attached hydrogen (secondary N) is 1. The van der Waals surface area contributed by atoms with Crippen LogP contribution in [0.25, 0.3) is 0 Å². The second-order valence-electron chi connectivity index (χ2n) is 7.10. The zero-order valence-corrected chi connectivity index (χ0v) is 19.8. The maximum Gasteiger partial charge on any atom is 0.337 e. The molecule has 1 aliphatic heterocycles. The topological polar surface area (TPSA) is 84.9 Å². The Morgan fingerprint density at radius 1 is 0.882 bits per heavy atom. The molecule has 1 heterocycles. The third-order valence-corrected chi connectivity index (χ3v) is 6.32. The Morgan fingerprint density at radius 2 is 1.53 bits per heavy atom. The third kappa shape index (κ3) is 4.78. The van der Waals surface area contributed by atoms with Crippen molar-refractivity contribution in [1.82, 2.24) is 0 Å². The minimum atomic E-state index is -0.511. The highest BCUT2D eigenvalue weighted by Crippen LogP contribution is 2.38. The first-order chi connectivity index (χ1) is 16.4.